The molecule has 0 aliphatic rings. The largest absolute Gasteiger partial charge is 0.102 e. The van der Waals surface area contributed by atoms with E-state index in [0.29, 0.717) is 0 Å². The summed E-state index contributed by atoms with van der Waals surface area (Å²) in [6.45, 7) is 3.53. The number of hydrogen-bond donors (Lipinski definition) is 0. The van der Waals surface area contributed by atoms with Gasteiger partial charge in [-0.15, -0.1) is 6.58 Å². The van der Waals surface area contributed by atoms with E-state index in [2.05, 4.69) is 41.0 Å². The summed E-state index contributed by atoms with van der Waals surface area (Å²) in [4.78, 5) is 0. The Hall–Kier alpha value is 0.0300. The normalized spacial score (nSPS) is 6.43. The van der Waals surface area contributed by atoms with Crippen LogP contribution in [0.5, 0.6) is 0 Å². The van der Waals surface area contributed by atoms with E-state index in [1.54, 1.807) is 6.08 Å². The molecule has 0 atom stereocenters. The van der Waals surface area contributed by atoms with Crippen molar-refractivity contribution in [2.24, 2.45) is 0 Å². The van der Waals surface area contributed by atoms with Gasteiger partial charge in [0.25, 0.3) is 0 Å². The average molecular weight is 206 g/mol. The van der Waals surface area contributed by atoms with Crippen molar-refractivity contribution in [1.82, 2.24) is 0 Å². The highest BCUT2D eigenvalue weighted by Gasteiger charge is 1.60. The molecule has 38 valence electrons. The SMILES string of the molecule is C=CCC#CCI. The Kier molecular flexibility index (Phi) is 6.06. The lowest BCUT2D eigenvalue weighted by atomic mass is 10.4. The number of hydrogen-bond acceptors (Lipinski definition) is 0. The topological polar surface area (TPSA) is 0 Å². The Labute approximate surface area is 58.1 Å². The zero-order valence-corrected chi connectivity index (χ0v) is 6.23. The number of allylic oxidation sites excluding steroid dienone is 1. The highest BCUT2D eigenvalue weighted by molar-refractivity contribution is 14.1. The number of halogens is 1. The molecule has 0 aromatic rings. The lowest BCUT2D eigenvalue weighted by Crippen LogP contribution is -1.58. The van der Waals surface area contributed by atoms with Crippen LogP contribution in [0.2, 0.25) is 0 Å². The van der Waals surface area contributed by atoms with Crippen LogP contribution in [-0.4, -0.2) is 4.43 Å². The van der Waals surface area contributed by atoms with Gasteiger partial charge >= 0.3 is 0 Å². The lowest BCUT2D eigenvalue weighted by molar-refractivity contribution is 1.49. The summed E-state index contributed by atoms with van der Waals surface area (Å²) in [5, 5.41) is 0. The smallest absolute Gasteiger partial charge is 0.0609 e. The van der Waals surface area contributed by atoms with Crippen LogP contribution in [0.25, 0.3) is 0 Å². The maximum absolute atomic E-state index is 3.53. The molecule has 0 rings (SSSR count). The van der Waals surface area contributed by atoms with Gasteiger partial charge in [-0.2, -0.15) is 0 Å². The summed E-state index contributed by atoms with van der Waals surface area (Å²) >= 11 is 2.22. The van der Waals surface area contributed by atoms with Crippen molar-refractivity contribution in [2.45, 2.75) is 6.42 Å². The lowest BCUT2D eigenvalue weighted by Gasteiger charge is -1.67. The summed E-state index contributed by atoms with van der Waals surface area (Å²) in [6, 6.07) is 0. The first-order valence-electron chi connectivity index (χ1n) is 2.04. The van der Waals surface area contributed by atoms with E-state index in [4.69, 9.17) is 0 Å². The molecular weight excluding hydrogens is 199 g/mol. The number of rotatable bonds is 1. The van der Waals surface area contributed by atoms with Gasteiger partial charge in [0.1, 0.15) is 0 Å². The molecule has 0 saturated heterocycles. The van der Waals surface area contributed by atoms with Crippen molar-refractivity contribution in [1.29, 1.82) is 0 Å². The number of alkyl halides is 1. The zero-order valence-electron chi connectivity index (χ0n) is 4.08. The second-order valence-corrected chi connectivity index (χ2v) is 1.74. The third-order valence-corrected chi connectivity index (χ3v) is 0.820. The maximum Gasteiger partial charge on any atom is 0.0609 e. The van der Waals surface area contributed by atoms with Crippen LogP contribution < -0.4 is 0 Å². The van der Waals surface area contributed by atoms with E-state index in [-0.39, 0.29) is 0 Å². The summed E-state index contributed by atoms with van der Waals surface area (Å²) in [5.41, 5.74) is 0. The van der Waals surface area contributed by atoms with Crippen LogP contribution in [0, 0.1) is 11.8 Å². The summed E-state index contributed by atoms with van der Waals surface area (Å²) < 4.78 is 0.922. The molecule has 0 aliphatic carbocycles. The molecule has 0 heterocycles. The van der Waals surface area contributed by atoms with Crippen LogP contribution in [0.1, 0.15) is 6.42 Å². The molecule has 0 radical (unpaired) electrons. The van der Waals surface area contributed by atoms with E-state index in [9.17, 15) is 0 Å². The zero-order chi connectivity index (χ0) is 5.54. The van der Waals surface area contributed by atoms with Gasteiger partial charge in [-0.3, -0.25) is 0 Å². The van der Waals surface area contributed by atoms with Crippen molar-refractivity contribution in [3.05, 3.63) is 12.7 Å². The molecular formula is C6H7I. The van der Waals surface area contributed by atoms with Gasteiger partial charge in [0, 0.05) is 6.42 Å². The fourth-order valence-corrected chi connectivity index (χ4v) is 0.461. The molecule has 0 aromatic heterocycles. The minimum Gasteiger partial charge on any atom is -0.102 e. The van der Waals surface area contributed by atoms with Gasteiger partial charge in [0.15, 0.2) is 0 Å². The van der Waals surface area contributed by atoms with Crippen molar-refractivity contribution in [2.75, 3.05) is 4.43 Å². The molecule has 0 N–H and O–H groups in total. The highest BCUT2D eigenvalue weighted by Crippen LogP contribution is 1.77. The Balaban J connectivity index is 3.06. The molecule has 0 aromatic carbocycles. The van der Waals surface area contributed by atoms with Crippen LogP contribution in [-0.2, 0) is 0 Å². The highest BCUT2D eigenvalue weighted by atomic mass is 127. The maximum atomic E-state index is 3.53. The Morgan fingerprint density at radius 1 is 1.57 bits per heavy atom. The molecule has 0 amide bonds. The summed E-state index contributed by atoms with van der Waals surface area (Å²) in [5.74, 6) is 5.82. The van der Waals surface area contributed by atoms with Gasteiger partial charge < -0.3 is 0 Å². The minimum atomic E-state index is 0.822. The third kappa shape index (κ3) is 6.03. The molecule has 7 heavy (non-hydrogen) atoms. The van der Waals surface area contributed by atoms with Crippen LogP contribution in [0.15, 0.2) is 12.7 Å². The first kappa shape index (κ1) is 7.03. The summed E-state index contributed by atoms with van der Waals surface area (Å²) in [7, 11) is 0. The van der Waals surface area contributed by atoms with E-state index >= 15 is 0 Å². The van der Waals surface area contributed by atoms with Crippen molar-refractivity contribution in [3.63, 3.8) is 0 Å². The predicted molar refractivity (Wildman–Crippen MR) is 41.5 cm³/mol. The van der Waals surface area contributed by atoms with E-state index in [1.807, 2.05) is 0 Å². The fraction of sp³-hybridized carbons (Fsp3) is 0.333. The van der Waals surface area contributed by atoms with Gasteiger partial charge in [-0.05, 0) is 0 Å². The molecule has 0 fully saturated rings. The minimum absolute atomic E-state index is 0.822. The summed E-state index contributed by atoms with van der Waals surface area (Å²) in [6.07, 6.45) is 2.63. The second-order valence-electron chi connectivity index (χ2n) is 0.980. The fourth-order valence-electron chi connectivity index (χ4n) is 0.192. The van der Waals surface area contributed by atoms with Crippen LogP contribution in [0.4, 0.5) is 0 Å². The van der Waals surface area contributed by atoms with E-state index < -0.39 is 0 Å². The molecule has 0 spiro atoms. The third-order valence-electron chi connectivity index (χ3n) is 0.438. The second kappa shape index (κ2) is 6.03. The monoisotopic (exact) mass is 206 g/mol. The molecule has 0 unspecified atom stereocenters. The Morgan fingerprint density at radius 2 is 2.29 bits per heavy atom. The van der Waals surface area contributed by atoms with Gasteiger partial charge in [-0.25, -0.2) is 0 Å². The predicted octanol–water partition coefficient (Wildman–Crippen LogP) is 2.00. The Morgan fingerprint density at radius 3 is 2.71 bits per heavy atom. The quantitative estimate of drug-likeness (QED) is 0.266. The molecule has 0 nitrogen and oxygen atoms in total. The van der Waals surface area contributed by atoms with Crippen molar-refractivity contribution >= 4 is 22.6 Å². The van der Waals surface area contributed by atoms with E-state index in [0.717, 1.165) is 10.8 Å². The van der Waals surface area contributed by atoms with Gasteiger partial charge in [-0.1, -0.05) is 40.5 Å². The molecule has 1 heteroatoms. The van der Waals surface area contributed by atoms with Crippen LogP contribution in [0.3, 0.4) is 0 Å². The van der Waals surface area contributed by atoms with Crippen LogP contribution >= 0.6 is 22.6 Å². The standard InChI is InChI=1S/C6H7I/c1-2-3-4-5-6-7/h2H,1,3,6H2. The van der Waals surface area contributed by atoms with Gasteiger partial charge in [0.2, 0.25) is 0 Å². The van der Waals surface area contributed by atoms with Crippen molar-refractivity contribution in [3.8, 4) is 11.8 Å². The Bertz CT molecular complexity index is 94.5. The molecule has 0 bridgehead atoms. The molecule has 0 saturated carbocycles. The van der Waals surface area contributed by atoms with Crippen molar-refractivity contribution < 1.29 is 0 Å². The van der Waals surface area contributed by atoms with E-state index in [1.165, 1.54) is 0 Å². The molecule has 0 aliphatic heterocycles. The average Bonchev–Trinajstić information content (AvgIpc) is 1.69. The first-order valence-corrected chi connectivity index (χ1v) is 3.57. The first-order chi connectivity index (χ1) is 3.41. The van der Waals surface area contributed by atoms with Gasteiger partial charge in [0.05, 0.1) is 4.43 Å².